The third kappa shape index (κ3) is 3.88. The molecule has 0 bridgehead atoms. The van der Waals surface area contributed by atoms with Gasteiger partial charge in [-0.05, 0) is 30.2 Å². The van der Waals surface area contributed by atoms with Crippen molar-refractivity contribution in [2.45, 2.75) is 19.8 Å². The van der Waals surface area contributed by atoms with Crippen LogP contribution in [-0.4, -0.2) is 11.1 Å². The van der Waals surface area contributed by atoms with Gasteiger partial charge in [-0.1, -0.05) is 41.4 Å². The van der Waals surface area contributed by atoms with Crippen LogP contribution in [0.2, 0.25) is 0 Å². The Morgan fingerprint density at radius 1 is 1.40 bits per heavy atom. The summed E-state index contributed by atoms with van der Waals surface area (Å²) >= 11 is 3.33. The minimum absolute atomic E-state index is 0.458. The number of halogens is 1. The zero-order valence-electron chi connectivity index (χ0n) is 8.53. The summed E-state index contributed by atoms with van der Waals surface area (Å²) in [6, 6.07) is 7.58. The molecule has 1 aromatic carbocycles. The molecule has 0 heterocycles. The molecule has 0 aliphatic carbocycles. The lowest BCUT2D eigenvalue weighted by molar-refractivity contribution is -0.132. The van der Waals surface area contributed by atoms with Gasteiger partial charge in [-0.2, -0.15) is 0 Å². The number of carboxylic acids is 1. The van der Waals surface area contributed by atoms with Crippen LogP contribution in [0.3, 0.4) is 0 Å². The average Bonchev–Trinajstić information content (AvgIpc) is 2.20. The first-order valence-electron chi connectivity index (χ1n) is 4.83. The molecule has 0 aromatic heterocycles. The Hall–Kier alpha value is -1.09. The Balaban J connectivity index is 2.91. The molecule has 0 saturated carbocycles. The second-order valence-corrected chi connectivity index (χ2v) is 4.19. The lowest BCUT2D eigenvalue weighted by Crippen LogP contribution is -1.99. The number of hydrogen-bond donors (Lipinski definition) is 1. The van der Waals surface area contributed by atoms with E-state index in [0.29, 0.717) is 12.0 Å². The average molecular weight is 269 g/mol. The van der Waals surface area contributed by atoms with Gasteiger partial charge in [-0.15, -0.1) is 0 Å². The normalized spacial score (nSPS) is 11.5. The van der Waals surface area contributed by atoms with Crippen LogP contribution >= 0.6 is 15.9 Å². The Kier molecular flexibility index (Phi) is 4.56. The summed E-state index contributed by atoms with van der Waals surface area (Å²) in [5.74, 6) is -0.834. The maximum Gasteiger partial charge on any atom is 0.331 e. The quantitative estimate of drug-likeness (QED) is 0.846. The summed E-state index contributed by atoms with van der Waals surface area (Å²) in [6.07, 6.45) is 3.17. The molecule has 0 atom stereocenters. The Morgan fingerprint density at radius 2 is 2.00 bits per heavy atom. The molecule has 0 saturated heterocycles. The smallest absolute Gasteiger partial charge is 0.331 e. The largest absolute Gasteiger partial charge is 0.478 e. The van der Waals surface area contributed by atoms with Crippen LogP contribution in [-0.2, 0) is 4.79 Å². The third-order valence-corrected chi connectivity index (χ3v) is 2.53. The van der Waals surface area contributed by atoms with Crippen LogP contribution in [0.15, 0.2) is 34.3 Å². The lowest BCUT2D eigenvalue weighted by atomic mass is 10.1. The molecule has 0 fully saturated rings. The standard InChI is InChI=1S/C12H13BrO2/c1-2-3-10(12(14)15)8-9-4-6-11(13)7-5-9/h4-8H,2-3H2,1H3,(H,14,15). The van der Waals surface area contributed by atoms with Gasteiger partial charge in [0.1, 0.15) is 0 Å². The highest BCUT2D eigenvalue weighted by atomic mass is 79.9. The van der Waals surface area contributed by atoms with Crippen LogP contribution in [0, 0.1) is 0 Å². The fraction of sp³-hybridized carbons (Fsp3) is 0.250. The van der Waals surface area contributed by atoms with E-state index in [4.69, 9.17) is 5.11 Å². The first-order chi connectivity index (χ1) is 7.13. The van der Waals surface area contributed by atoms with Crippen molar-refractivity contribution in [2.75, 3.05) is 0 Å². The molecule has 1 N–H and O–H groups in total. The van der Waals surface area contributed by atoms with Crippen LogP contribution in [0.5, 0.6) is 0 Å². The van der Waals surface area contributed by atoms with Crippen molar-refractivity contribution in [2.24, 2.45) is 0 Å². The minimum atomic E-state index is -0.834. The van der Waals surface area contributed by atoms with Gasteiger partial charge in [-0.3, -0.25) is 0 Å². The van der Waals surface area contributed by atoms with E-state index < -0.39 is 5.97 Å². The van der Waals surface area contributed by atoms with Crippen molar-refractivity contribution >= 4 is 28.0 Å². The molecule has 0 aliphatic rings. The topological polar surface area (TPSA) is 37.3 Å². The predicted molar refractivity (Wildman–Crippen MR) is 64.7 cm³/mol. The van der Waals surface area contributed by atoms with Crippen molar-refractivity contribution in [3.05, 3.63) is 39.9 Å². The van der Waals surface area contributed by atoms with Crippen molar-refractivity contribution in [3.63, 3.8) is 0 Å². The van der Waals surface area contributed by atoms with Gasteiger partial charge in [0.25, 0.3) is 0 Å². The number of carbonyl (C=O) groups is 1. The Morgan fingerprint density at radius 3 is 2.47 bits per heavy atom. The third-order valence-electron chi connectivity index (χ3n) is 2.00. The predicted octanol–water partition coefficient (Wildman–Crippen LogP) is 3.72. The maximum absolute atomic E-state index is 10.9. The van der Waals surface area contributed by atoms with Gasteiger partial charge in [0.05, 0.1) is 0 Å². The number of aliphatic carboxylic acids is 1. The summed E-state index contributed by atoms with van der Waals surface area (Å²) < 4.78 is 0.993. The summed E-state index contributed by atoms with van der Waals surface area (Å²) in [4.78, 5) is 10.9. The van der Waals surface area contributed by atoms with E-state index >= 15 is 0 Å². The zero-order valence-corrected chi connectivity index (χ0v) is 10.1. The summed E-state index contributed by atoms with van der Waals surface area (Å²) in [5, 5.41) is 8.94. The number of hydrogen-bond acceptors (Lipinski definition) is 1. The highest BCUT2D eigenvalue weighted by Gasteiger charge is 2.05. The van der Waals surface area contributed by atoms with Crippen molar-refractivity contribution in [1.29, 1.82) is 0 Å². The SMILES string of the molecule is CCCC(=Cc1ccc(Br)cc1)C(=O)O. The second kappa shape index (κ2) is 5.71. The molecule has 1 aromatic rings. The molecule has 15 heavy (non-hydrogen) atoms. The highest BCUT2D eigenvalue weighted by Crippen LogP contribution is 2.15. The molecule has 1 rings (SSSR count). The van der Waals surface area contributed by atoms with Gasteiger partial charge >= 0.3 is 5.97 Å². The van der Waals surface area contributed by atoms with Gasteiger partial charge < -0.3 is 5.11 Å². The Labute approximate surface area is 97.8 Å². The van der Waals surface area contributed by atoms with Crippen molar-refractivity contribution in [1.82, 2.24) is 0 Å². The van der Waals surface area contributed by atoms with Crippen LogP contribution < -0.4 is 0 Å². The monoisotopic (exact) mass is 268 g/mol. The number of rotatable bonds is 4. The van der Waals surface area contributed by atoms with Crippen LogP contribution in [0.4, 0.5) is 0 Å². The van der Waals surface area contributed by atoms with E-state index in [9.17, 15) is 4.79 Å². The maximum atomic E-state index is 10.9. The molecular weight excluding hydrogens is 256 g/mol. The highest BCUT2D eigenvalue weighted by molar-refractivity contribution is 9.10. The summed E-state index contributed by atoms with van der Waals surface area (Å²) in [6.45, 7) is 1.97. The zero-order chi connectivity index (χ0) is 11.3. The van der Waals surface area contributed by atoms with Crippen LogP contribution in [0.25, 0.3) is 6.08 Å². The van der Waals surface area contributed by atoms with E-state index in [1.54, 1.807) is 6.08 Å². The molecule has 3 heteroatoms. The van der Waals surface area contributed by atoms with Gasteiger partial charge in [-0.25, -0.2) is 4.79 Å². The first-order valence-corrected chi connectivity index (χ1v) is 5.62. The van der Waals surface area contributed by atoms with E-state index in [1.165, 1.54) is 0 Å². The number of benzene rings is 1. The van der Waals surface area contributed by atoms with E-state index in [2.05, 4.69) is 15.9 Å². The van der Waals surface area contributed by atoms with E-state index in [-0.39, 0.29) is 0 Å². The molecule has 80 valence electrons. The van der Waals surface area contributed by atoms with E-state index in [0.717, 1.165) is 16.5 Å². The molecule has 0 spiro atoms. The second-order valence-electron chi connectivity index (χ2n) is 3.28. The van der Waals surface area contributed by atoms with Gasteiger partial charge in [0, 0.05) is 10.0 Å². The molecule has 0 aliphatic heterocycles. The fourth-order valence-electron chi connectivity index (χ4n) is 1.27. The molecule has 2 nitrogen and oxygen atoms in total. The van der Waals surface area contributed by atoms with Crippen molar-refractivity contribution < 1.29 is 9.90 Å². The van der Waals surface area contributed by atoms with Gasteiger partial charge in [0.2, 0.25) is 0 Å². The minimum Gasteiger partial charge on any atom is -0.478 e. The first kappa shape index (κ1) is 12.0. The van der Waals surface area contributed by atoms with Crippen LogP contribution in [0.1, 0.15) is 25.3 Å². The number of carboxylic acid groups (broad SMARTS) is 1. The van der Waals surface area contributed by atoms with E-state index in [1.807, 2.05) is 31.2 Å². The molecule has 0 amide bonds. The molecule has 0 radical (unpaired) electrons. The summed E-state index contributed by atoms with van der Waals surface area (Å²) in [5.41, 5.74) is 1.38. The molecule has 0 unspecified atom stereocenters. The summed E-state index contributed by atoms with van der Waals surface area (Å²) in [7, 11) is 0. The van der Waals surface area contributed by atoms with Crippen molar-refractivity contribution in [3.8, 4) is 0 Å². The Bertz CT molecular complexity index is 366. The lowest BCUT2D eigenvalue weighted by Gasteiger charge is -2.00. The fourth-order valence-corrected chi connectivity index (χ4v) is 1.53. The van der Waals surface area contributed by atoms with Gasteiger partial charge in [0.15, 0.2) is 0 Å². The molecular formula is C12H13BrO2.